The van der Waals surface area contributed by atoms with Crippen LogP contribution in [0.5, 0.6) is 11.5 Å². The first-order valence-electron chi connectivity index (χ1n) is 7.94. The van der Waals surface area contributed by atoms with Crippen molar-refractivity contribution in [2.75, 3.05) is 19.5 Å². The van der Waals surface area contributed by atoms with Gasteiger partial charge in [0.25, 0.3) is 5.91 Å². The number of nitrogens with one attached hydrogen (secondary N) is 1. The Bertz CT molecular complexity index is 1050. The molecular formula is C20H16BrNO5. The van der Waals surface area contributed by atoms with Crippen molar-refractivity contribution >= 4 is 44.3 Å². The van der Waals surface area contributed by atoms with Crippen LogP contribution in [0.2, 0.25) is 0 Å². The highest BCUT2D eigenvalue weighted by atomic mass is 79.9. The lowest BCUT2D eigenvalue weighted by molar-refractivity contribution is 0.0696. The van der Waals surface area contributed by atoms with Gasteiger partial charge in [-0.05, 0) is 51.0 Å². The second-order valence-corrected chi connectivity index (χ2v) is 6.46. The van der Waals surface area contributed by atoms with Crippen LogP contribution in [0.25, 0.3) is 10.8 Å². The van der Waals surface area contributed by atoms with Crippen molar-refractivity contribution in [2.45, 2.75) is 0 Å². The van der Waals surface area contributed by atoms with Gasteiger partial charge >= 0.3 is 5.97 Å². The topological polar surface area (TPSA) is 84.9 Å². The van der Waals surface area contributed by atoms with E-state index >= 15 is 0 Å². The van der Waals surface area contributed by atoms with Crippen molar-refractivity contribution in [3.63, 3.8) is 0 Å². The fraction of sp³-hybridized carbons (Fsp3) is 0.100. The minimum atomic E-state index is -1.10. The zero-order chi connectivity index (χ0) is 19.6. The quantitative estimate of drug-likeness (QED) is 0.620. The fourth-order valence-corrected chi connectivity index (χ4v) is 3.52. The van der Waals surface area contributed by atoms with E-state index in [0.29, 0.717) is 21.5 Å². The third-order valence-electron chi connectivity index (χ3n) is 4.08. The molecule has 3 aromatic rings. The molecule has 27 heavy (non-hydrogen) atoms. The minimum absolute atomic E-state index is 0.0396. The number of ether oxygens (including phenoxy) is 2. The third-order valence-corrected chi connectivity index (χ3v) is 4.87. The molecule has 0 fully saturated rings. The number of carboxylic acid groups (broad SMARTS) is 1. The molecule has 0 spiro atoms. The summed E-state index contributed by atoms with van der Waals surface area (Å²) in [5.74, 6) is -0.801. The Morgan fingerprint density at radius 2 is 1.78 bits per heavy atom. The molecule has 0 aliphatic heterocycles. The van der Waals surface area contributed by atoms with E-state index in [4.69, 9.17) is 9.47 Å². The van der Waals surface area contributed by atoms with E-state index in [2.05, 4.69) is 21.2 Å². The molecule has 2 N–H and O–H groups in total. The van der Waals surface area contributed by atoms with Gasteiger partial charge in [-0.25, -0.2) is 4.79 Å². The van der Waals surface area contributed by atoms with E-state index in [1.807, 2.05) is 24.3 Å². The number of rotatable bonds is 5. The Morgan fingerprint density at radius 1 is 1.04 bits per heavy atom. The molecule has 0 saturated heterocycles. The Morgan fingerprint density at radius 3 is 2.44 bits per heavy atom. The summed E-state index contributed by atoms with van der Waals surface area (Å²) in [7, 11) is 2.93. The summed E-state index contributed by atoms with van der Waals surface area (Å²) < 4.78 is 11.3. The highest BCUT2D eigenvalue weighted by molar-refractivity contribution is 9.10. The van der Waals surface area contributed by atoms with E-state index in [9.17, 15) is 14.7 Å². The molecule has 138 valence electrons. The number of halogens is 1. The zero-order valence-electron chi connectivity index (χ0n) is 14.6. The monoisotopic (exact) mass is 429 g/mol. The molecule has 0 bridgehead atoms. The van der Waals surface area contributed by atoms with Gasteiger partial charge in [-0.1, -0.05) is 24.3 Å². The number of aromatic carboxylic acids is 1. The molecule has 3 rings (SSSR count). The molecule has 0 aromatic heterocycles. The van der Waals surface area contributed by atoms with Crippen LogP contribution < -0.4 is 14.8 Å². The first-order valence-corrected chi connectivity index (χ1v) is 8.73. The number of carbonyl (C=O) groups is 2. The number of benzene rings is 3. The molecular weight excluding hydrogens is 414 g/mol. The number of amides is 1. The van der Waals surface area contributed by atoms with Crippen molar-refractivity contribution in [1.82, 2.24) is 0 Å². The summed E-state index contributed by atoms with van der Waals surface area (Å²) in [6.45, 7) is 0. The van der Waals surface area contributed by atoms with Crippen LogP contribution in [0.1, 0.15) is 20.7 Å². The molecule has 0 atom stereocenters. The van der Waals surface area contributed by atoms with Crippen LogP contribution >= 0.6 is 15.9 Å². The normalized spacial score (nSPS) is 10.5. The molecule has 0 radical (unpaired) electrons. The molecule has 1 amide bonds. The van der Waals surface area contributed by atoms with Crippen molar-refractivity contribution in [2.24, 2.45) is 0 Å². The van der Waals surface area contributed by atoms with Crippen molar-refractivity contribution in [3.8, 4) is 11.5 Å². The Hall–Kier alpha value is -3.06. The first kappa shape index (κ1) is 18.7. The minimum Gasteiger partial charge on any atom is -0.495 e. The van der Waals surface area contributed by atoms with E-state index in [1.165, 1.54) is 32.4 Å². The fourth-order valence-electron chi connectivity index (χ4n) is 2.78. The molecule has 3 aromatic carbocycles. The van der Waals surface area contributed by atoms with Gasteiger partial charge in [0.15, 0.2) is 0 Å². The summed E-state index contributed by atoms with van der Waals surface area (Å²) in [5, 5.41) is 13.7. The smallest absolute Gasteiger partial charge is 0.335 e. The molecule has 7 heteroatoms. The number of carboxylic acids is 1. The SMILES string of the molecule is COc1ccc(C(=O)O)cc1NC(=O)c1cc2ccccc2c(Br)c1OC. The van der Waals surface area contributed by atoms with Gasteiger partial charge < -0.3 is 19.9 Å². The Balaban J connectivity index is 2.07. The molecule has 0 saturated carbocycles. The van der Waals surface area contributed by atoms with E-state index in [1.54, 1.807) is 6.07 Å². The number of carbonyl (C=O) groups excluding carboxylic acids is 1. The van der Waals surface area contributed by atoms with Gasteiger partial charge in [0.05, 0.1) is 35.5 Å². The maximum atomic E-state index is 12.9. The molecule has 0 unspecified atom stereocenters. The number of fused-ring (bicyclic) bond motifs is 1. The largest absolute Gasteiger partial charge is 0.495 e. The standard InChI is InChI=1S/C20H16BrNO5/c1-26-16-8-7-12(20(24)25)10-15(16)22-19(23)14-9-11-5-3-4-6-13(11)17(21)18(14)27-2/h3-10H,1-2H3,(H,22,23)(H,24,25). The Labute approximate surface area is 163 Å². The average Bonchev–Trinajstić information content (AvgIpc) is 2.67. The summed E-state index contributed by atoms with van der Waals surface area (Å²) in [6.07, 6.45) is 0. The van der Waals surface area contributed by atoms with Crippen molar-refractivity contribution < 1.29 is 24.2 Å². The van der Waals surface area contributed by atoms with Gasteiger partial charge in [0.1, 0.15) is 11.5 Å². The summed E-state index contributed by atoms with van der Waals surface area (Å²) in [6, 6.07) is 13.6. The van der Waals surface area contributed by atoms with E-state index < -0.39 is 11.9 Å². The highest BCUT2D eigenvalue weighted by Gasteiger charge is 2.20. The van der Waals surface area contributed by atoms with Crippen molar-refractivity contribution in [1.29, 1.82) is 0 Å². The predicted molar refractivity (Wildman–Crippen MR) is 106 cm³/mol. The Kier molecular flexibility index (Phi) is 5.32. The zero-order valence-corrected chi connectivity index (χ0v) is 16.2. The molecule has 0 aliphatic rings. The van der Waals surface area contributed by atoms with Crippen LogP contribution in [0.3, 0.4) is 0 Å². The summed E-state index contributed by atoms with van der Waals surface area (Å²) in [5.41, 5.74) is 0.609. The highest BCUT2D eigenvalue weighted by Crippen LogP contribution is 2.37. The summed E-state index contributed by atoms with van der Waals surface area (Å²) >= 11 is 3.50. The van der Waals surface area contributed by atoms with E-state index in [-0.39, 0.29) is 11.3 Å². The van der Waals surface area contributed by atoms with Gasteiger partial charge in [0, 0.05) is 0 Å². The lowest BCUT2D eigenvalue weighted by Crippen LogP contribution is -2.15. The van der Waals surface area contributed by atoms with Gasteiger partial charge in [0.2, 0.25) is 0 Å². The first-order chi connectivity index (χ1) is 13.0. The van der Waals surface area contributed by atoms with Gasteiger partial charge in [-0.3, -0.25) is 4.79 Å². The van der Waals surface area contributed by atoms with E-state index in [0.717, 1.165) is 10.8 Å². The van der Waals surface area contributed by atoms with Crippen LogP contribution in [-0.4, -0.2) is 31.2 Å². The van der Waals surface area contributed by atoms with Gasteiger partial charge in [-0.2, -0.15) is 0 Å². The maximum Gasteiger partial charge on any atom is 0.335 e. The molecule has 6 nitrogen and oxygen atoms in total. The van der Waals surface area contributed by atoms with Crippen LogP contribution in [0, 0.1) is 0 Å². The molecule has 0 heterocycles. The number of hydrogen-bond donors (Lipinski definition) is 2. The number of methoxy groups -OCH3 is 2. The lowest BCUT2D eigenvalue weighted by Gasteiger charge is -2.15. The number of hydrogen-bond acceptors (Lipinski definition) is 4. The number of anilines is 1. The van der Waals surface area contributed by atoms with Crippen LogP contribution in [0.4, 0.5) is 5.69 Å². The van der Waals surface area contributed by atoms with Crippen LogP contribution in [0.15, 0.2) is 53.0 Å². The molecule has 0 aliphatic carbocycles. The third kappa shape index (κ3) is 3.59. The summed E-state index contributed by atoms with van der Waals surface area (Å²) in [4.78, 5) is 24.1. The average molecular weight is 430 g/mol. The lowest BCUT2D eigenvalue weighted by atomic mass is 10.0. The second-order valence-electron chi connectivity index (χ2n) is 5.67. The van der Waals surface area contributed by atoms with Crippen molar-refractivity contribution in [3.05, 3.63) is 64.1 Å². The maximum absolute atomic E-state index is 12.9. The predicted octanol–water partition coefficient (Wildman–Crippen LogP) is 4.57. The van der Waals surface area contributed by atoms with Crippen LogP contribution in [-0.2, 0) is 0 Å². The van der Waals surface area contributed by atoms with Gasteiger partial charge in [-0.15, -0.1) is 0 Å². The second kappa shape index (κ2) is 7.67.